The second-order valence-electron chi connectivity index (χ2n) is 4.48. The number of methoxy groups -OCH3 is 1. The van der Waals surface area contributed by atoms with Gasteiger partial charge < -0.3 is 8.92 Å². The van der Waals surface area contributed by atoms with Gasteiger partial charge in [0.25, 0.3) is 0 Å². The van der Waals surface area contributed by atoms with E-state index < -0.39 is 16.1 Å². The summed E-state index contributed by atoms with van der Waals surface area (Å²) in [5.41, 5.74) is 0.994. The number of halogens is 1. The molecule has 0 saturated carbocycles. The van der Waals surface area contributed by atoms with Gasteiger partial charge in [0.2, 0.25) is 0 Å². The Morgan fingerprint density at radius 3 is 2.32 bits per heavy atom. The predicted molar refractivity (Wildman–Crippen MR) is 89.5 cm³/mol. The van der Waals surface area contributed by atoms with Gasteiger partial charge in [-0.05, 0) is 59.8 Å². The summed E-state index contributed by atoms with van der Waals surface area (Å²) in [6.07, 6.45) is 0. The fourth-order valence-electron chi connectivity index (χ4n) is 1.72. The summed E-state index contributed by atoms with van der Waals surface area (Å²) in [6, 6.07) is 10.8. The minimum absolute atomic E-state index is 0.0208. The van der Waals surface area contributed by atoms with E-state index in [1.54, 1.807) is 18.2 Å². The van der Waals surface area contributed by atoms with Crippen LogP contribution in [0.4, 0.5) is 0 Å². The van der Waals surface area contributed by atoms with E-state index in [0.29, 0.717) is 0 Å². The van der Waals surface area contributed by atoms with Crippen molar-refractivity contribution in [2.45, 2.75) is 11.8 Å². The van der Waals surface area contributed by atoms with Crippen molar-refractivity contribution in [2.75, 3.05) is 7.11 Å². The molecular formula is C15H13IO5S. The van der Waals surface area contributed by atoms with Crippen molar-refractivity contribution in [3.8, 4) is 5.75 Å². The number of esters is 1. The van der Waals surface area contributed by atoms with Crippen molar-refractivity contribution >= 4 is 38.7 Å². The maximum atomic E-state index is 12.3. The lowest BCUT2D eigenvalue weighted by atomic mass is 10.2. The second-order valence-corrected chi connectivity index (χ2v) is 7.27. The Bertz CT molecular complexity index is 797. The summed E-state index contributed by atoms with van der Waals surface area (Å²) in [5, 5.41) is 0. The van der Waals surface area contributed by atoms with Crippen LogP contribution in [0.5, 0.6) is 5.75 Å². The van der Waals surface area contributed by atoms with Crippen LogP contribution in [0.2, 0.25) is 0 Å². The average molecular weight is 432 g/mol. The van der Waals surface area contributed by atoms with Crippen LogP contribution in [0.15, 0.2) is 47.4 Å². The van der Waals surface area contributed by atoms with E-state index in [0.717, 1.165) is 9.13 Å². The number of carbonyl (C=O) groups is 1. The smallest absolute Gasteiger partial charge is 0.341 e. The van der Waals surface area contributed by atoms with Crippen LogP contribution in [-0.4, -0.2) is 21.5 Å². The molecule has 0 atom stereocenters. The highest BCUT2D eigenvalue weighted by Gasteiger charge is 2.21. The number of hydrogen-bond donors (Lipinski definition) is 0. The first-order chi connectivity index (χ1) is 10.3. The van der Waals surface area contributed by atoms with Gasteiger partial charge >= 0.3 is 16.1 Å². The highest BCUT2D eigenvalue weighted by Crippen LogP contribution is 2.26. The third-order valence-corrected chi connectivity index (χ3v) is 4.78. The van der Waals surface area contributed by atoms with Gasteiger partial charge in [-0.2, -0.15) is 8.42 Å². The summed E-state index contributed by atoms with van der Waals surface area (Å²) >= 11 is 2.01. The van der Waals surface area contributed by atoms with Crippen molar-refractivity contribution in [1.29, 1.82) is 0 Å². The fraction of sp³-hybridized carbons (Fsp3) is 0.133. The molecule has 0 fully saturated rings. The van der Waals surface area contributed by atoms with Gasteiger partial charge in [-0.1, -0.05) is 17.7 Å². The van der Waals surface area contributed by atoms with E-state index in [4.69, 9.17) is 4.18 Å². The van der Waals surface area contributed by atoms with Gasteiger partial charge in [0.05, 0.1) is 7.11 Å². The maximum absolute atomic E-state index is 12.3. The van der Waals surface area contributed by atoms with Crippen LogP contribution in [-0.2, 0) is 14.9 Å². The van der Waals surface area contributed by atoms with Gasteiger partial charge in [0, 0.05) is 3.57 Å². The highest BCUT2D eigenvalue weighted by atomic mass is 127. The van der Waals surface area contributed by atoms with E-state index in [-0.39, 0.29) is 16.2 Å². The van der Waals surface area contributed by atoms with Crippen LogP contribution in [0.3, 0.4) is 0 Å². The van der Waals surface area contributed by atoms with E-state index in [2.05, 4.69) is 4.74 Å². The molecule has 2 rings (SSSR count). The van der Waals surface area contributed by atoms with Gasteiger partial charge in [0.15, 0.2) is 5.75 Å². The van der Waals surface area contributed by atoms with E-state index in [1.807, 2.05) is 29.5 Å². The molecule has 0 N–H and O–H groups in total. The standard InChI is InChI=1S/C15H13IO5S/c1-10-3-6-12(7-4-10)22(18,19)21-14-8-5-11(16)9-13(14)15(17)20-2/h3-9H,1-2H3. The Labute approximate surface area is 142 Å². The first kappa shape index (κ1) is 16.8. The molecule has 2 aromatic rings. The van der Waals surface area contributed by atoms with Crippen LogP contribution in [0, 0.1) is 10.5 Å². The van der Waals surface area contributed by atoms with Crippen LogP contribution < -0.4 is 4.18 Å². The van der Waals surface area contributed by atoms with Gasteiger partial charge in [0.1, 0.15) is 10.5 Å². The lowest BCUT2D eigenvalue weighted by Gasteiger charge is -2.11. The van der Waals surface area contributed by atoms with E-state index in [1.165, 1.54) is 31.4 Å². The normalized spacial score (nSPS) is 11.0. The Morgan fingerprint density at radius 1 is 1.09 bits per heavy atom. The van der Waals surface area contributed by atoms with Crippen molar-refractivity contribution < 1.29 is 22.1 Å². The van der Waals surface area contributed by atoms with Crippen molar-refractivity contribution in [3.63, 3.8) is 0 Å². The number of rotatable bonds is 4. The number of carbonyl (C=O) groups excluding carboxylic acids is 1. The molecule has 0 aliphatic heterocycles. The van der Waals surface area contributed by atoms with Crippen LogP contribution in [0.1, 0.15) is 15.9 Å². The molecule has 116 valence electrons. The Hall–Kier alpha value is -1.61. The maximum Gasteiger partial charge on any atom is 0.341 e. The first-order valence-corrected chi connectivity index (χ1v) is 8.71. The minimum atomic E-state index is -4.02. The topological polar surface area (TPSA) is 69.7 Å². The summed E-state index contributed by atoms with van der Waals surface area (Å²) in [6.45, 7) is 1.85. The second kappa shape index (κ2) is 6.66. The third-order valence-electron chi connectivity index (χ3n) is 2.86. The first-order valence-electron chi connectivity index (χ1n) is 6.22. The molecule has 5 nitrogen and oxygen atoms in total. The summed E-state index contributed by atoms with van der Waals surface area (Å²) in [4.78, 5) is 11.8. The SMILES string of the molecule is COC(=O)c1cc(I)ccc1OS(=O)(=O)c1ccc(C)cc1. The third kappa shape index (κ3) is 3.77. The number of aryl methyl sites for hydroxylation is 1. The largest absolute Gasteiger partial charge is 0.465 e. The minimum Gasteiger partial charge on any atom is -0.465 e. The van der Waals surface area contributed by atoms with Crippen molar-refractivity contribution in [3.05, 3.63) is 57.2 Å². The average Bonchev–Trinajstić information content (AvgIpc) is 2.48. The Kier molecular flexibility index (Phi) is 5.07. The quantitative estimate of drug-likeness (QED) is 0.422. The number of hydrogen-bond acceptors (Lipinski definition) is 5. The summed E-state index contributed by atoms with van der Waals surface area (Å²) in [7, 11) is -2.79. The number of ether oxygens (including phenoxy) is 1. The molecular weight excluding hydrogens is 419 g/mol. The summed E-state index contributed by atoms with van der Waals surface area (Å²) < 4.78 is 35.1. The molecule has 0 aliphatic carbocycles. The van der Waals surface area contributed by atoms with Crippen LogP contribution in [0.25, 0.3) is 0 Å². The molecule has 0 spiro atoms. The molecule has 0 radical (unpaired) electrons. The van der Waals surface area contributed by atoms with Gasteiger partial charge in [-0.3, -0.25) is 0 Å². The molecule has 0 saturated heterocycles. The van der Waals surface area contributed by atoms with E-state index in [9.17, 15) is 13.2 Å². The molecule has 0 unspecified atom stereocenters. The fourth-order valence-corrected chi connectivity index (χ4v) is 3.15. The zero-order valence-electron chi connectivity index (χ0n) is 11.9. The van der Waals surface area contributed by atoms with Gasteiger partial charge in [-0.15, -0.1) is 0 Å². The molecule has 7 heteroatoms. The molecule has 22 heavy (non-hydrogen) atoms. The van der Waals surface area contributed by atoms with E-state index >= 15 is 0 Å². The Morgan fingerprint density at radius 2 is 1.73 bits per heavy atom. The summed E-state index contributed by atoms with van der Waals surface area (Å²) in [5.74, 6) is -0.722. The van der Waals surface area contributed by atoms with Gasteiger partial charge in [-0.25, -0.2) is 4.79 Å². The molecule has 0 amide bonds. The molecule has 0 aliphatic rings. The predicted octanol–water partition coefficient (Wildman–Crippen LogP) is 3.15. The Balaban J connectivity index is 2.41. The molecule has 0 aromatic heterocycles. The zero-order valence-corrected chi connectivity index (χ0v) is 14.8. The monoisotopic (exact) mass is 432 g/mol. The lowest BCUT2D eigenvalue weighted by molar-refractivity contribution is 0.0598. The molecule has 0 bridgehead atoms. The number of benzene rings is 2. The van der Waals surface area contributed by atoms with Crippen molar-refractivity contribution in [1.82, 2.24) is 0 Å². The molecule has 0 heterocycles. The highest BCUT2D eigenvalue weighted by molar-refractivity contribution is 14.1. The lowest BCUT2D eigenvalue weighted by Crippen LogP contribution is -2.13. The van der Waals surface area contributed by atoms with Crippen molar-refractivity contribution in [2.24, 2.45) is 0 Å². The van der Waals surface area contributed by atoms with Crippen LogP contribution >= 0.6 is 22.6 Å². The molecule has 2 aromatic carbocycles. The zero-order chi connectivity index (χ0) is 16.3.